The molecule has 1 aromatic carbocycles. The first-order chi connectivity index (χ1) is 8.63. The zero-order chi connectivity index (χ0) is 12.7. The lowest BCUT2D eigenvalue weighted by Crippen LogP contribution is -2.34. The molecule has 2 aromatic rings. The van der Waals surface area contributed by atoms with Crippen LogP contribution in [0.1, 0.15) is 30.7 Å². The molecule has 18 heavy (non-hydrogen) atoms. The molecule has 94 valence electrons. The predicted molar refractivity (Wildman–Crippen MR) is 71.2 cm³/mol. The van der Waals surface area contributed by atoms with Gasteiger partial charge >= 0.3 is 0 Å². The van der Waals surface area contributed by atoms with E-state index in [0.29, 0.717) is 5.92 Å². The fourth-order valence-electron chi connectivity index (χ4n) is 2.62. The van der Waals surface area contributed by atoms with Gasteiger partial charge in [-0.25, -0.2) is 9.67 Å². The van der Waals surface area contributed by atoms with Gasteiger partial charge in [0.25, 0.3) is 0 Å². The number of hydrogen-bond acceptors (Lipinski definition) is 3. The van der Waals surface area contributed by atoms with Gasteiger partial charge in [0, 0.05) is 17.5 Å². The third kappa shape index (κ3) is 1.93. The van der Waals surface area contributed by atoms with Crippen molar-refractivity contribution in [2.45, 2.75) is 38.8 Å². The molecule has 0 radical (unpaired) electrons. The Morgan fingerprint density at radius 2 is 2.22 bits per heavy atom. The Kier molecular flexibility index (Phi) is 2.67. The molecule has 0 amide bonds. The fourth-order valence-corrected chi connectivity index (χ4v) is 2.62. The fraction of sp³-hybridized carbons (Fsp3) is 0.429. The Morgan fingerprint density at radius 1 is 1.39 bits per heavy atom. The summed E-state index contributed by atoms with van der Waals surface area (Å²) in [6, 6.07) is 8.49. The zero-order valence-electron chi connectivity index (χ0n) is 10.8. The second-order valence-electron chi connectivity index (χ2n) is 5.24. The van der Waals surface area contributed by atoms with Crippen molar-refractivity contribution in [2.24, 2.45) is 5.73 Å². The Hall–Kier alpha value is -1.68. The molecule has 2 unspecified atom stereocenters. The van der Waals surface area contributed by atoms with Gasteiger partial charge in [-0.05, 0) is 19.4 Å². The topological polar surface area (TPSA) is 56.7 Å². The summed E-state index contributed by atoms with van der Waals surface area (Å²) < 4.78 is 1.97. The van der Waals surface area contributed by atoms with Crippen molar-refractivity contribution in [2.75, 3.05) is 0 Å². The van der Waals surface area contributed by atoms with E-state index in [1.165, 1.54) is 5.56 Å². The molecule has 0 saturated heterocycles. The lowest BCUT2D eigenvalue weighted by atomic mass is 9.98. The van der Waals surface area contributed by atoms with Gasteiger partial charge in [-0.15, -0.1) is 0 Å². The number of nitrogens with two attached hydrogens (primary N) is 1. The smallest absolute Gasteiger partial charge is 0.181 e. The van der Waals surface area contributed by atoms with Gasteiger partial charge in [0.1, 0.15) is 5.82 Å². The number of hydrogen-bond donors (Lipinski definition) is 1. The van der Waals surface area contributed by atoms with Gasteiger partial charge in [0.2, 0.25) is 0 Å². The molecule has 4 nitrogen and oxygen atoms in total. The van der Waals surface area contributed by atoms with Crippen LogP contribution in [0.25, 0.3) is 11.4 Å². The normalized spacial score (nSPS) is 22.8. The predicted octanol–water partition coefficient (Wildman–Crippen LogP) is 2.09. The van der Waals surface area contributed by atoms with E-state index >= 15 is 0 Å². The van der Waals surface area contributed by atoms with Gasteiger partial charge in [-0.3, -0.25) is 0 Å². The summed E-state index contributed by atoms with van der Waals surface area (Å²) >= 11 is 0. The Labute approximate surface area is 107 Å². The quantitative estimate of drug-likeness (QED) is 0.833. The monoisotopic (exact) mass is 242 g/mol. The highest BCUT2D eigenvalue weighted by atomic mass is 15.4. The van der Waals surface area contributed by atoms with E-state index in [-0.39, 0.29) is 6.04 Å². The highest BCUT2D eigenvalue weighted by Crippen LogP contribution is 2.27. The molecule has 1 aliphatic rings. The Bertz CT molecular complexity index is 573. The SMILES string of the molecule is Cc1cccc(-c2nc3n(n2)CC(N)CC3C)c1. The molecular formula is C14H18N4. The molecule has 1 aliphatic heterocycles. The lowest BCUT2D eigenvalue weighted by molar-refractivity contribution is 0.382. The second kappa shape index (κ2) is 4.21. The zero-order valence-corrected chi connectivity index (χ0v) is 10.8. The van der Waals surface area contributed by atoms with Crippen LogP contribution in [0, 0.1) is 6.92 Å². The van der Waals surface area contributed by atoms with Crippen LogP contribution in [0.5, 0.6) is 0 Å². The largest absolute Gasteiger partial charge is 0.326 e. The maximum absolute atomic E-state index is 6.02. The van der Waals surface area contributed by atoms with Crippen LogP contribution in [-0.4, -0.2) is 20.8 Å². The maximum Gasteiger partial charge on any atom is 0.181 e. The number of rotatable bonds is 1. The average molecular weight is 242 g/mol. The molecule has 2 heterocycles. The van der Waals surface area contributed by atoms with Gasteiger partial charge in [0.05, 0.1) is 6.54 Å². The minimum Gasteiger partial charge on any atom is -0.326 e. The molecule has 0 saturated carbocycles. The highest BCUT2D eigenvalue weighted by Gasteiger charge is 2.25. The third-order valence-corrected chi connectivity index (χ3v) is 3.48. The van der Waals surface area contributed by atoms with Crippen LogP contribution in [-0.2, 0) is 6.54 Å². The summed E-state index contributed by atoms with van der Waals surface area (Å²) in [4.78, 5) is 4.67. The van der Waals surface area contributed by atoms with Crippen LogP contribution in [0.3, 0.4) is 0 Å². The molecule has 0 aliphatic carbocycles. The maximum atomic E-state index is 6.02. The van der Waals surface area contributed by atoms with Crippen molar-refractivity contribution in [3.63, 3.8) is 0 Å². The first-order valence-electron chi connectivity index (χ1n) is 6.41. The molecular weight excluding hydrogens is 224 g/mol. The average Bonchev–Trinajstić information content (AvgIpc) is 2.73. The van der Waals surface area contributed by atoms with Crippen LogP contribution in [0.4, 0.5) is 0 Å². The van der Waals surface area contributed by atoms with Crippen molar-refractivity contribution < 1.29 is 0 Å². The summed E-state index contributed by atoms with van der Waals surface area (Å²) in [7, 11) is 0. The minimum absolute atomic E-state index is 0.194. The number of nitrogens with zero attached hydrogens (tertiary/aromatic N) is 3. The summed E-state index contributed by atoms with van der Waals surface area (Å²) in [5.74, 6) is 2.27. The summed E-state index contributed by atoms with van der Waals surface area (Å²) in [6.07, 6.45) is 0.992. The van der Waals surface area contributed by atoms with E-state index in [9.17, 15) is 0 Å². The van der Waals surface area contributed by atoms with E-state index in [1.54, 1.807) is 0 Å². The van der Waals surface area contributed by atoms with Crippen molar-refractivity contribution in [1.82, 2.24) is 14.8 Å². The summed E-state index contributed by atoms with van der Waals surface area (Å²) in [5, 5.41) is 4.59. The minimum atomic E-state index is 0.194. The first kappa shape index (κ1) is 11.4. The van der Waals surface area contributed by atoms with Crippen molar-refractivity contribution in [3.05, 3.63) is 35.7 Å². The van der Waals surface area contributed by atoms with Crippen molar-refractivity contribution >= 4 is 0 Å². The number of benzene rings is 1. The van der Waals surface area contributed by atoms with E-state index in [1.807, 2.05) is 10.7 Å². The van der Waals surface area contributed by atoms with Crippen molar-refractivity contribution in [1.29, 1.82) is 0 Å². The highest BCUT2D eigenvalue weighted by molar-refractivity contribution is 5.55. The number of aryl methyl sites for hydroxylation is 1. The molecule has 2 N–H and O–H groups in total. The first-order valence-corrected chi connectivity index (χ1v) is 6.41. The van der Waals surface area contributed by atoms with Crippen LogP contribution >= 0.6 is 0 Å². The Balaban J connectivity index is 2.03. The van der Waals surface area contributed by atoms with Crippen LogP contribution in [0.2, 0.25) is 0 Å². The van der Waals surface area contributed by atoms with Gasteiger partial charge < -0.3 is 5.73 Å². The van der Waals surface area contributed by atoms with E-state index in [4.69, 9.17) is 5.73 Å². The van der Waals surface area contributed by atoms with Gasteiger partial charge in [-0.2, -0.15) is 5.10 Å². The molecule has 0 fully saturated rings. The molecule has 2 atom stereocenters. The third-order valence-electron chi connectivity index (χ3n) is 3.48. The van der Waals surface area contributed by atoms with Gasteiger partial charge in [-0.1, -0.05) is 30.7 Å². The second-order valence-corrected chi connectivity index (χ2v) is 5.24. The standard InChI is InChI=1S/C14H18N4/c1-9-4-3-5-11(6-9)13-16-14-10(2)7-12(15)8-18(14)17-13/h3-6,10,12H,7-8,15H2,1-2H3. The van der Waals surface area contributed by atoms with Crippen molar-refractivity contribution in [3.8, 4) is 11.4 Å². The molecule has 1 aromatic heterocycles. The summed E-state index contributed by atoms with van der Waals surface area (Å²) in [6.45, 7) is 5.02. The molecule has 4 heteroatoms. The number of aromatic nitrogens is 3. The molecule has 0 bridgehead atoms. The summed E-state index contributed by atoms with van der Waals surface area (Å²) in [5.41, 5.74) is 8.33. The molecule has 3 rings (SSSR count). The lowest BCUT2D eigenvalue weighted by Gasteiger charge is -2.23. The number of fused-ring (bicyclic) bond motifs is 1. The van der Waals surface area contributed by atoms with Gasteiger partial charge in [0.15, 0.2) is 5.82 Å². The Morgan fingerprint density at radius 3 is 3.00 bits per heavy atom. The van der Waals surface area contributed by atoms with Crippen LogP contribution < -0.4 is 5.73 Å². The van der Waals surface area contributed by atoms with E-state index in [2.05, 4.69) is 42.1 Å². The molecule has 0 spiro atoms. The van der Waals surface area contributed by atoms with Crippen LogP contribution in [0.15, 0.2) is 24.3 Å². The van der Waals surface area contributed by atoms with E-state index in [0.717, 1.165) is 30.2 Å². The van der Waals surface area contributed by atoms with E-state index < -0.39 is 0 Å².